The van der Waals surface area contributed by atoms with Gasteiger partial charge in [0.2, 0.25) is 5.91 Å². The molecule has 0 saturated heterocycles. The summed E-state index contributed by atoms with van der Waals surface area (Å²) in [6, 6.07) is 5.56. The van der Waals surface area contributed by atoms with Crippen LogP contribution in [-0.2, 0) is 9.59 Å². The zero-order valence-corrected chi connectivity index (χ0v) is 12.8. The van der Waals surface area contributed by atoms with Crippen LogP contribution >= 0.6 is 11.8 Å². The molecule has 3 rings (SSSR count). The standard InChI is InChI=1S/C15H17N3O3S/c19-13(7-22-8-14(20)21)16-10-4-5-11-12(6-10)18-15(17-11)9-2-1-3-9/h4-6,9H,1-3,7-8H2,(H,16,19)(H,17,18)(H,20,21). The van der Waals surface area contributed by atoms with Crippen LogP contribution in [0.15, 0.2) is 18.2 Å². The van der Waals surface area contributed by atoms with Gasteiger partial charge in [-0.15, -0.1) is 11.8 Å². The third kappa shape index (κ3) is 3.41. The van der Waals surface area contributed by atoms with E-state index in [1.165, 1.54) is 19.3 Å². The first-order valence-electron chi connectivity index (χ1n) is 7.21. The van der Waals surface area contributed by atoms with E-state index in [-0.39, 0.29) is 17.4 Å². The van der Waals surface area contributed by atoms with E-state index in [0.717, 1.165) is 28.6 Å². The summed E-state index contributed by atoms with van der Waals surface area (Å²) in [7, 11) is 0. The van der Waals surface area contributed by atoms with Crippen molar-refractivity contribution in [2.24, 2.45) is 0 Å². The molecule has 1 heterocycles. The average molecular weight is 319 g/mol. The van der Waals surface area contributed by atoms with Gasteiger partial charge in [0.1, 0.15) is 5.82 Å². The lowest BCUT2D eigenvalue weighted by atomic mass is 9.85. The summed E-state index contributed by atoms with van der Waals surface area (Å²) in [4.78, 5) is 30.1. The number of carbonyl (C=O) groups excluding carboxylic acids is 1. The van der Waals surface area contributed by atoms with E-state index in [9.17, 15) is 9.59 Å². The van der Waals surface area contributed by atoms with E-state index in [2.05, 4.69) is 15.3 Å². The van der Waals surface area contributed by atoms with Gasteiger partial charge in [-0.05, 0) is 31.0 Å². The van der Waals surface area contributed by atoms with Crippen LogP contribution < -0.4 is 5.32 Å². The number of anilines is 1. The van der Waals surface area contributed by atoms with Gasteiger partial charge < -0.3 is 15.4 Å². The van der Waals surface area contributed by atoms with Gasteiger partial charge in [0.25, 0.3) is 0 Å². The molecule has 116 valence electrons. The molecular weight excluding hydrogens is 302 g/mol. The maximum absolute atomic E-state index is 11.7. The molecule has 22 heavy (non-hydrogen) atoms. The SMILES string of the molecule is O=C(O)CSCC(=O)Nc1ccc2nc(C3CCC3)[nH]c2c1. The molecule has 1 aliphatic rings. The summed E-state index contributed by atoms with van der Waals surface area (Å²) < 4.78 is 0. The molecule has 0 spiro atoms. The largest absolute Gasteiger partial charge is 0.481 e. The topological polar surface area (TPSA) is 95.1 Å². The first-order valence-corrected chi connectivity index (χ1v) is 8.36. The Morgan fingerprint density at radius 2 is 2.18 bits per heavy atom. The summed E-state index contributed by atoms with van der Waals surface area (Å²) in [6.45, 7) is 0. The number of aliphatic carboxylic acids is 1. The molecule has 0 atom stereocenters. The molecule has 1 fully saturated rings. The lowest BCUT2D eigenvalue weighted by Gasteiger charge is -2.22. The summed E-state index contributed by atoms with van der Waals surface area (Å²) in [5.41, 5.74) is 2.51. The lowest BCUT2D eigenvalue weighted by molar-refractivity contribution is -0.133. The number of nitrogens with one attached hydrogen (secondary N) is 2. The molecule has 7 heteroatoms. The highest BCUT2D eigenvalue weighted by atomic mass is 32.2. The Morgan fingerprint density at radius 3 is 2.86 bits per heavy atom. The molecule has 1 amide bonds. The smallest absolute Gasteiger partial charge is 0.313 e. The minimum absolute atomic E-state index is 0.0717. The fourth-order valence-electron chi connectivity index (χ4n) is 2.41. The number of imidazole rings is 1. The van der Waals surface area contributed by atoms with Crippen LogP contribution in [0.5, 0.6) is 0 Å². The number of carboxylic acids is 1. The molecular formula is C15H17N3O3S. The number of fused-ring (bicyclic) bond motifs is 1. The number of hydrogen-bond donors (Lipinski definition) is 3. The number of aromatic amines is 1. The van der Waals surface area contributed by atoms with Crippen LogP contribution in [0.3, 0.4) is 0 Å². The van der Waals surface area contributed by atoms with Crippen LogP contribution in [0, 0.1) is 0 Å². The fraction of sp³-hybridized carbons (Fsp3) is 0.400. The fourth-order valence-corrected chi connectivity index (χ4v) is 2.94. The second-order valence-corrected chi connectivity index (χ2v) is 6.40. The van der Waals surface area contributed by atoms with Crippen LogP contribution in [0.4, 0.5) is 5.69 Å². The monoisotopic (exact) mass is 319 g/mol. The normalized spacial score (nSPS) is 14.7. The van der Waals surface area contributed by atoms with Gasteiger partial charge in [-0.3, -0.25) is 9.59 Å². The van der Waals surface area contributed by atoms with Gasteiger partial charge in [0.15, 0.2) is 0 Å². The predicted molar refractivity (Wildman–Crippen MR) is 86.3 cm³/mol. The first-order chi connectivity index (χ1) is 10.6. The van der Waals surface area contributed by atoms with Gasteiger partial charge in [-0.2, -0.15) is 0 Å². The van der Waals surface area contributed by atoms with Crippen molar-refractivity contribution in [1.82, 2.24) is 9.97 Å². The number of benzene rings is 1. The predicted octanol–water partition coefficient (Wildman–Crippen LogP) is 2.59. The van der Waals surface area contributed by atoms with Crippen molar-refractivity contribution < 1.29 is 14.7 Å². The van der Waals surface area contributed by atoms with Crippen LogP contribution in [0.2, 0.25) is 0 Å². The molecule has 3 N–H and O–H groups in total. The van der Waals surface area contributed by atoms with E-state index in [1.54, 1.807) is 0 Å². The van der Waals surface area contributed by atoms with Crippen LogP contribution in [0.25, 0.3) is 11.0 Å². The summed E-state index contributed by atoms with van der Waals surface area (Å²) in [5.74, 6) is 0.502. The second kappa shape index (κ2) is 6.39. The van der Waals surface area contributed by atoms with Gasteiger partial charge in [0, 0.05) is 11.6 Å². The first kappa shape index (κ1) is 14.9. The summed E-state index contributed by atoms with van der Waals surface area (Å²) in [5, 5.41) is 11.3. The number of aromatic nitrogens is 2. The van der Waals surface area contributed by atoms with Gasteiger partial charge >= 0.3 is 5.97 Å². The molecule has 2 aromatic rings. The molecule has 1 saturated carbocycles. The van der Waals surface area contributed by atoms with E-state index < -0.39 is 5.97 Å². The number of thioether (sulfide) groups is 1. The minimum Gasteiger partial charge on any atom is -0.481 e. The summed E-state index contributed by atoms with van der Waals surface area (Å²) in [6.07, 6.45) is 3.63. The zero-order valence-electron chi connectivity index (χ0n) is 12.0. The number of hydrogen-bond acceptors (Lipinski definition) is 4. The maximum atomic E-state index is 11.7. The number of amides is 1. The Kier molecular flexibility index (Phi) is 4.33. The number of carboxylic acid groups (broad SMARTS) is 1. The van der Waals surface area contributed by atoms with Crippen molar-refractivity contribution in [1.29, 1.82) is 0 Å². The second-order valence-electron chi connectivity index (χ2n) is 5.42. The van der Waals surface area contributed by atoms with Crippen LogP contribution in [0.1, 0.15) is 31.0 Å². The highest BCUT2D eigenvalue weighted by Gasteiger charge is 2.22. The number of rotatable bonds is 6. The molecule has 0 aliphatic heterocycles. The number of H-pyrrole nitrogens is 1. The highest BCUT2D eigenvalue weighted by molar-refractivity contribution is 8.00. The van der Waals surface area contributed by atoms with E-state index in [0.29, 0.717) is 11.6 Å². The molecule has 1 aromatic heterocycles. The molecule has 0 radical (unpaired) electrons. The van der Waals surface area contributed by atoms with Crippen molar-refractivity contribution in [3.8, 4) is 0 Å². The van der Waals surface area contributed by atoms with Crippen molar-refractivity contribution in [3.05, 3.63) is 24.0 Å². The number of nitrogens with zero attached hydrogens (tertiary/aromatic N) is 1. The average Bonchev–Trinajstić information content (AvgIpc) is 2.78. The van der Waals surface area contributed by atoms with E-state index >= 15 is 0 Å². The zero-order chi connectivity index (χ0) is 15.5. The number of carbonyl (C=O) groups is 2. The quantitative estimate of drug-likeness (QED) is 0.760. The van der Waals surface area contributed by atoms with Crippen LogP contribution in [-0.4, -0.2) is 38.5 Å². The molecule has 0 bridgehead atoms. The highest BCUT2D eigenvalue weighted by Crippen LogP contribution is 2.35. The lowest BCUT2D eigenvalue weighted by Crippen LogP contribution is -2.15. The Balaban J connectivity index is 1.63. The third-order valence-corrected chi connectivity index (χ3v) is 4.65. The molecule has 0 unspecified atom stereocenters. The van der Waals surface area contributed by atoms with Crippen molar-refractivity contribution in [3.63, 3.8) is 0 Å². The Hall–Kier alpha value is -2.02. The minimum atomic E-state index is -0.916. The van der Waals surface area contributed by atoms with Gasteiger partial charge in [0.05, 0.1) is 22.5 Å². The van der Waals surface area contributed by atoms with Crippen molar-refractivity contribution >= 4 is 40.4 Å². The Bertz CT molecular complexity index is 709. The van der Waals surface area contributed by atoms with Gasteiger partial charge in [-0.25, -0.2) is 4.98 Å². The van der Waals surface area contributed by atoms with E-state index in [4.69, 9.17) is 5.11 Å². The molecule has 6 nitrogen and oxygen atoms in total. The third-order valence-electron chi connectivity index (χ3n) is 3.73. The molecule has 1 aromatic carbocycles. The van der Waals surface area contributed by atoms with Crippen molar-refractivity contribution in [2.75, 3.05) is 16.8 Å². The van der Waals surface area contributed by atoms with E-state index in [1.807, 2.05) is 18.2 Å². The summed E-state index contributed by atoms with van der Waals surface area (Å²) >= 11 is 1.08. The Labute approximate surface area is 131 Å². The maximum Gasteiger partial charge on any atom is 0.313 e. The van der Waals surface area contributed by atoms with Crippen molar-refractivity contribution in [2.45, 2.75) is 25.2 Å². The Morgan fingerprint density at radius 1 is 1.36 bits per heavy atom. The van der Waals surface area contributed by atoms with Gasteiger partial charge in [-0.1, -0.05) is 6.42 Å². The molecule has 1 aliphatic carbocycles.